The fourth-order valence-electron chi connectivity index (χ4n) is 0.750. The Morgan fingerprint density at radius 3 is 2.70 bits per heavy atom. The van der Waals surface area contributed by atoms with Gasteiger partial charge in [-0.05, 0) is 13.0 Å². The van der Waals surface area contributed by atoms with Crippen molar-refractivity contribution in [1.82, 2.24) is 0 Å². The number of nitrogens with one attached hydrogen (secondary N) is 1. The summed E-state index contributed by atoms with van der Waals surface area (Å²) in [4.78, 5) is 10.7. The number of hydrogen-bond acceptors (Lipinski definition) is 3. The van der Waals surface area contributed by atoms with Crippen molar-refractivity contribution in [3.63, 3.8) is 0 Å². The van der Waals surface area contributed by atoms with E-state index in [0.29, 0.717) is 5.76 Å². The lowest BCUT2D eigenvalue weighted by atomic mass is 10.4. The van der Waals surface area contributed by atoms with E-state index >= 15 is 0 Å². The third-order valence-electron chi connectivity index (χ3n) is 1.18. The first-order chi connectivity index (χ1) is 4.72. The number of anilines is 1. The summed E-state index contributed by atoms with van der Waals surface area (Å²) in [6, 6.07) is 3.18. The Bertz CT molecular complexity index is 277. The zero-order valence-corrected chi connectivity index (χ0v) is 5.97. The highest BCUT2D eigenvalue weighted by atomic mass is 16.4. The molecule has 0 fully saturated rings. The molecule has 0 aliphatic heterocycles. The van der Waals surface area contributed by atoms with Gasteiger partial charge in [-0.1, -0.05) is 0 Å². The Balaban J connectivity index is 3.19. The average molecular weight is 139 g/mol. The van der Waals surface area contributed by atoms with Crippen molar-refractivity contribution in [1.29, 1.82) is 0 Å². The van der Waals surface area contributed by atoms with Gasteiger partial charge in [0.15, 0.2) is 0 Å². The third kappa shape index (κ3) is 1.37. The Labute approximate surface area is 58.7 Å². The Kier molecular flexibility index (Phi) is 1.76. The minimum Gasteiger partial charge on any atom is -0.428 e. The van der Waals surface area contributed by atoms with E-state index in [9.17, 15) is 4.79 Å². The van der Waals surface area contributed by atoms with Crippen LogP contribution in [0.2, 0.25) is 0 Å². The standard InChI is InChI=1S/C7H9NO2/c1-5-3-6(8-2)4-7(9)10-5/h3-4,8H,1-2H3. The summed E-state index contributed by atoms with van der Waals surface area (Å²) in [5, 5.41) is 2.85. The molecule has 10 heavy (non-hydrogen) atoms. The van der Waals surface area contributed by atoms with Gasteiger partial charge in [0.1, 0.15) is 5.76 Å². The zero-order valence-electron chi connectivity index (χ0n) is 5.97. The number of hydrogen-bond donors (Lipinski definition) is 1. The van der Waals surface area contributed by atoms with Crippen molar-refractivity contribution in [3.05, 3.63) is 28.3 Å². The van der Waals surface area contributed by atoms with Crippen LogP contribution in [0.1, 0.15) is 5.76 Å². The molecule has 1 N–H and O–H groups in total. The van der Waals surface area contributed by atoms with Gasteiger partial charge in [-0.25, -0.2) is 4.79 Å². The molecule has 1 heterocycles. The first-order valence-electron chi connectivity index (χ1n) is 3.02. The largest absolute Gasteiger partial charge is 0.428 e. The molecular formula is C7H9NO2. The van der Waals surface area contributed by atoms with Crippen LogP contribution in [0.3, 0.4) is 0 Å². The molecule has 0 spiro atoms. The molecule has 0 unspecified atom stereocenters. The predicted molar refractivity (Wildman–Crippen MR) is 39.3 cm³/mol. The highest BCUT2D eigenvalue weighted by molar-refractivity contribution is 5.40. The van der Waals surface area contributed by atoms with E-state index in [-0.39, 0.29) is 5.63 Å². The van der Waals surface area contributed by atoms with E-state index in [0.717, 1.165) is 5.69 Å². The molecule has 0 saturated carbocycles. The summed E-state index contributed by atoms with van der Waals surface area (Å²) in [5.41, 5.74) is 0.470. The summed E-state index contributed by atoms with van der Waals surface area (Å²) in [5.74, 6) is 0.622. The van der Waals surface area contributed by atoms with E-state index in [1.165, 1.54) is 6.07 Å². The highest BCUT2D eigenvalue weighted by Crippen LogP contribution is 2.03. The highest BCUT2D eigenvalue weighted by Gasteiger charge is 1.93. The van der Waals surface area contributed by atoms with Gasteiger partial charge in [0, 0.05) is 18.8 Å². The minimum absolute atomic E-state index is 0.315. The summed E-state index contributed by atoms with van der Waals surface area (Å²) in [6.45, 7) is 1.74. The maximum atomic E-state index is 10.7. The summed E-state index contributed by atoms with van der Waals surface area (Å²) in [6.07, 6.45) is 0. The van der Waals surface area contributed by atoms with Crippen molar-refractivity contribution >= 4 is 5.69 Å². The van der Waals surface area contributed by atoms with E-state index in [1.807, 2.05) is 0 Å². The van der Waals surface area contributed by atoms with Crippen molar-refractivity contribution in [2.75, 3.05) is 12.4 Å². The topological polar surface area (TPSA) is 42.2 Å². The average Bonchev–Trinajstić information content (AvgIpc) is 1.85. The Morgan fingerprint density at radius 2 is 2.20 bits per heavy atom. The minimum atomic E-state index is -0.315. The molecule has 0 saturated heterocycles. The maximum Gasteiger partial charge on any atom is 0.337 e. The molecular weight excluding hydrogens is 130 g/mol. The quantitative estimate of drug-likeness (QED) is 0.630. The lowest BCUT2D eigenvalue weighted by Gasteiger charge is -1.97. The predicted octanol–water partition coefficient (Wildman–Crippen LogP) is 0.990. The van der Waals surface area contributed by atoms with Gasteiger partial charge in [-0.15, -0.1) is 0 Å². The number of aryl methyl sites for hydroxylation is 1. The van der Waals surface area contributed by atoms with Crippen LogP contribution in [-0.2, 0) is 0 Å². The van der Waals surface area contributed by atoms with Crippen LogP contribution < -0.4 is 10.9 Å². The van der Waals surface area contributed by atoms with Crippen LogP contribution in [0.4, 0.5) is 5.69 Å². The van der Waals surface area contributed by atoms with E-state index < -0.39 is 0 Å². The monoisotopic (exact) mass is 139 g/mol. The Morgan fingerprint density at radius 1 is 1.50 bits per heavy atom. The van der Waals surface area contributed by atoms with Crippen LogP contribution in [-0.4, -0.2) is 7.05 Å². The maximum absolute atomic E-state index is 10.7. The Hall–Kier alpha value is -1.25. The smallest absolute Gasteiger partial charge is 0.337 e. The molecule has 0 amide bonds. The summed E-state index contributed by atoms with van der Waals surface area (Å²) in [7, 11) is 1.76. The lowest BCUT2D eigenvalue weighted by Crippen LogP contribution is -2.00. The molecule has 0 atom stereocenters. The molecule has 0 bridgehead atoms. The first-order valence-corrected chi connectivity index (χ1v) is 3.02. The lowest BCUT2D eigenvalue weighted by molar-refractivity contribution is 0.481. The van der Waals surface area contributed by atoms with Crippen LogP contribution in [0.15, 0.2) is 21.3 Å². The second kappa shape index (κ2) is 2.56. The molecule has 1 rings (SSSR count). The van der Waals surface area contributed by atoms with Crippen molar-refractivity contribution in [3.8, 4) is 0 Å². The molecule has 54 valence electrons. The molecule has 3 heteroatoms. The fraction of sp³-hybridized carbons (Fsp3) is 0.286. The molecule has 0 aliphatic rings. The van der Waals surface area contributed by atoms with E-state index in [4.69, 9.17) is 4.42 Å². The number of rotatable bonds is 1. The summed E-state index contributed by atoms with van der Waals surface area (Å²) < 4.78 is 4.72. The van der Waals surface area contributed by atoms with Gasteiger partial charge in [-0.2, -0.15) is 0 Å². The normalized spacial score (nSPS) is 9.40. The van der Waals surface area contributed by atoms with Crippen molar-refractivity contribution in [2.45, 2.75) is 6.92 Å². The van der Waals surface area contributed by atoms with Gasteiger partial charge in [0.2, 0.25) is 0 Å². The van der Waals surface area contributed by atoms with Crippen molar-refractivity contribution in [2.24, 2.45) is 0 Å². The van der Waals surface area contributed by atoms with Gasteiger partial charge in [-0.3, -0.25) is 0 Å². The fourth-order valence-corrected chi connectivity index (χ4v) is 0.750. The zero-order chi connectivity index (χ0) is 7.56. The molecule has 3 nitrogen and oxygen atoms in total. The SMILES string of the molecule is CNc1cc(C)oc(=O)c1. The van der Waals surface area contributed by atoms with Crippen LogP contribution in [0, 0.1) is 6.92 Å². The van der Waals surface area contributed by atoms with Gasteiger partial charge < -0.3 is 9.73 Å². The molecule has 0 aliphatic carbocycles. The van der Waals surface area contributed by atoms with Crippen molar-refractivity contribution < 1.29 is 4.42 Å². The van der Waals surface area contributed by atoms with E-state index in [1.54, 1.807) is 20.0 Å². The van der Waals surface area contributed by atoms with Crippen LogP contribution in [0.25, 0.3) is 0 Å². The van der Waals surface area contributed by atoms with E-state index in [2.05, 4.69) is 5.32 Å². The molecule has 1 aromatic heterocycles. The van der Waals surface area contributed by atoms with Crippen LogP contribution >= 0.6 is 0 Å². The molecule has 1 aromatic rings. The summed E-state index contributed by atoms with van der Waals surface area (Å²) >= 11 is 0. The first kappa shape index (κ1) is 6.86. The second-order valence-electron chi connectivity index (χ2n) is 2.03. The van der Waals surface area contributed by atoms with Gasteiger partial charge in [0.05, 0.1) is 0 Å². The van der Waals surface area contributed by atoms with Gasteiger partial charge >= 0.3 is 5.63 Å². The third-order valence-corrected chi connectivity index (χ3v) is 1.18. The van der Waals surface area contributed by atoms with Gasteiger partial charge in [0.25, 0.3) is 0 Å². The second-order valence-corrected chi connectivity index (χ2v) is 2.03. The molecule has 0 aromatic carbocycles. The van der Waals surface area contributed by atoms with Crippen LogP contribution in [0.5, 0.6) is 0 Å². The molecule has 0 radical (unpaired) electrons.